The van der Waals surface area contributed by atoms with Crippen LogP contribution in [0.5, 0.6) is 0 Å². The molecule has 0 radical (unpaired) electrons. The summed E-state index contributed by atoms with van der Waals surface area (Å²) in [7, 11) is 0. The molecule has 0 aliphatic carbocycles. The van der Waals surface area contributed by atoms with Gasteiger partial charge >= 0.3 is 0 Å². The molecule has 0 heterocycles. The van der Waals surface area contributed by atoms with Gasteiger partial charge in [0.15, 0.2) is 0 Å². The lowest BCUT2D eigenvalue weighted by Gasteiger charge is -2.24. The Labute approximate surface area is 91.9 Å². The summed E-state index contributed by atoms with van der Waals surface area (Å²) in [5.74, 6) is 0. The van der Waals surface area contributed by atoms with Crippen LogP contribution in [0.2, 0.25) is 0 Å². The van der Waals surface area contributed by atoms with E-state index in [4.69, 9.17) is 9.84 Å². The first kappa shape index (κ1) is 12.2. The summed E-state index contributed by atoms with van der Waals surface area (Å²) in [6.07, 6.45) is 0.0806. The number of aliphatic hydroxyl groups excluding tert-OH is 1. The maximum atomic E-state index is 9.10. The third kappa shape index (κ3) is 4.02. The topological polar surface area (TPSA) is 29.5 Å². The van der Waals surface area contributed by atoms with Gasteiger partial charge in [0, 0.05) is 5.41 Å². The molecule has 0 spiro atoms. The van der Waals surface area contributed by atoms with Crippen molar-refractivity contribution in [1.29, 1.82) is 0 Å². The average molecular weight is 208 g/mol. The first-order valence-corrected chi connectivity index (χ1v) is 5.32. The van der Waals surface area contributed by atoms with Gasteiger partial charge in [-0.3, -0.25) is 0 Å². The molecule has 0 fully saturated rings. The Bertz CT molecular complexity index is 280. The molecule has 0 aromatic heterocycles. The Morgan fingerprint density at radius 3 is 2.40 bits per heavy atom. The molecule has 1 aromatic carbocycles. The van der Waals surface area contributed by atoms with E-state index in [1.165, 1.54) is 5.56 Å². The predicted octanol–water partition coefficient (Wildman–Crippen LogP) is 2.78. The van der Waals surface area contributed by atoms with Crippen LogP contribution in [0, 0.1) is 5.41 Å². The zero-order chi connectivity index (χ0) is 11.3. The lowest BCUT2D eigenvalue weighted by atomic mass is 9.96. The van der Waals surface area contributed by atoms with Crippen molar-refractivity contribution in [2.24, 2.45) is 5.41 Å². The fourth-order valence-corrected chi connectivity index (χ4v) is 1.22. The Hall–Kier alpha value is -0.860. The van der Waals surface area contributed by atoms with Crippen molar-refractivity contribution in [3.05, 3.63) is 35.9 Å². The molecule has 0 aliphatic heterocycles. The van der Waals surface area contributed by atoms with Crippen LogP contribution in [0.15, 0.2) is 30.3 Å². The minimum absolute atomic E-state index is 0.0806. The van der Waals surface area contributed by atoms with Crippen molar-refractivity contribution in [2.75, 3.05) is 13.2 Å². The van der Waals surface area contributed by atoms with Crippen molar-refractivity contribution in [3.8, 4) is 0 Å². The van der Waals surface area contributed by atoms with E-state index in [1.54, 1.807) is 0 Å². The number of hydrogen-bond acceptors (Lipinski definition) is 2. The van der Waals surface area contributed by atoms with Gasteiger partial charge in [-0.2, -0.15) is 0 Å². The molecule has 0 saturated heterocycles. The molecule has 1 atom stereocenters. The van der Waals surface area contributed by atoms with Gasteiger partial charge < -0.3 is 9.84 Å². The molecule has 1 unspecified atom stereocenters. The summed E-state index contributed by atoms with van der Waals surface area (Å²) in [6, 6.07) is 10.1. The second kappa shape index (κ2) is 5.29. The molecule has 2 nitrogen and oxygen atoms in total. The quantitative estimate of drug-likeness (QED) is 0.806. The highest BCUT2D eigenvalue weighted by Gasteiger charge is 2.18. The van der Waals surface area contributed by atoms with Gasteiger partial charge in [0.1, 0.15) is 0 Å². The van der Waals surface area contributed by atoms with Crippen molar-refractivity contribution in [3.63, 3.8) is 0 Å². The lowest BCUT2D eigenvalue weighted by molar-refractivity contribution is -0.0109. The Morgan fingerprint density at radius 2 is 1.87 bits per heavy atom. The minimum atomic E-state index is -0.164. The van der Waals surface area contributed by atoms with Gasteiger partial charge in [0.05, 0.1) is 19.3 Å². The van der Waals surface area contributed by atoms with Gasteiger partial charge in [-0.25, -0.2) is 0 Å². The van der Waals surface area contributed by atoms with E-state index >= 15 is 0 Å². The van der Waals surface area contributed by atoms with Crippen LogP contribution in [0.1, 0.15) is 32.4 Å². The number of aliphatic hydroxyl groups is 1. The second-order valence-corrected chi connectivity index (χ2v) is 4.69. The summed E-state index contributed by atoms with van der Waals surface area (Å²) in [5.41, 5.74) is 1.01. The second-order valence-electron chi connectivity index (χ2n) is 4.69. The van der Waals surface area contributed by atoms with Gasteiger partial charge in [0.25, 0.3) is 0 Å². The molecule has 0 aliphatic rings. The minimum Gasteiger partial charge on any atom is -0.396 e. The molecule has 2 heteroatoms. The van der Waals surface area contributed by atoms with Gasteiger partial charge in [-0.05, 0) is 12.5 Å². The van der Waals surface area contributed by atoms with E-state index in [1.807, 2.05) is 39.0 Å². The van der Waals surface area contributed by atoms with Crippen LogP contribution in [-0.4, -0.2) is 18.3 Å². The highest BCUT2D eigenvalue weighted by atomic mass is 16.5. The monoisotopic (exact) mass is 208 g/mol. The third-order valence-electron chi connectivity index (χ3n) is 2.42. The number of rotatable bonds is 5. The van der Waals surface area contributed by atoms with E-state index in [2.05, 4.69) is 12.1 Å². The fourth-order valence-electron chi connectivity index (χ4n) is 1.22. The highest BCUT2D eigenvalue weighted by Crippen LogP contribution is 2.21. The van der Waals surface area contributed by atoms with E-state index in [9.17, 15) is 0 Å². The summed E-state index contributed by atoms with van der Waals surface area (Å²) < 4.78 is 5.72. The van der Waals surface area contributed by atoms with Crippen LogP contribution >= 0.6 is 0 Å². The molecule has 0 amide bonds. The van der Waals surface area contributed by atoms with Crippen LogP contribution in [0.4, 0.5) is 0 Å². The van der Waals surface area contributed by atoms with Crippen LogP contribution < -0.4 is 0 Å². The molecule has 84 valence electrons. The predicted molar refractivity (Wildman–Crippen MR) is 61.7 cm³/mol. The molecule has 1 aromatic rings. The van der Waals surface area contributed by atoms with Crippen molar-refractivity contribution in [1.82, 2.24) is 0 Å². The van der Waals surface area contributed by atoms with Gasteiger partial charge in [0.2, 0.25) is 0 Å². The van der Waals surface area contributed by atoms with Crippen molar-refractivity contribution >= 4 is 0 Å². The van der Waals surface area contributed by atoms with E-state index < -0.39 is 0 Å². The maximum Gasteiger partial charge on any atom is 0.0797 e. The largest absolute Gasteiger partial charge is 0.396 e. The van der Waals surface area contributed by atoms with E-state index in [-0.39, 0.29) is 18.1 Å². The zero-order valence-corrected chi connectivity index (χ0v) is 9.73. The van der Waals surface area contributed by atoms with E-state index in [0.717, 1.165) is 0 Å². The van der Waals surface area contributed by atoms with Crippen LogP contribution in [-0.2, 0) is 4.74 Å². The molecular formula is C13H20O2. The standard InChI is InChI=1S/C13H20O2/c1-11(12-7-5-4-6-8-12)15-10-13(2,3)9-14/h4-8,11,14H,9-10H2,1-3H3. The fraction of sp³-hybridized carbons (Fsp3) is 0.538. The first-order chi connectivity index (χ1) is 7.05. The zero-order valence-electron chi connectivity index (χ0n) is 9.73. The summed E-state index contributed by atoms with van der Waals surface area (Å²) in [5, 5.41) is 9.10. The van der Waals surface area contributed by atoms with Crippen LogP contribution in [0.3, 0.4) is 0 Å². The molecule has 0 saturated carbocycles. The normalized spacial score (nSPS) is 13.9. The average Bonchev–Trinajstić information content (AvgIpc) is 2.27. The van der Waals surface area contributed by atoms with Crippen molar-refractivity contribution in [2.45, 2.75) is 26.9 Å². The Balaban J connectivity index is 2.47. The maximum absolute atomic E-state index is 9.10. The van der Waals surface area contributed by atoms with Crippen LogP contribution in [0.25, 0.3) is 0 Å². The Kier molecular flexibility index (Phi) is 4.30. The molecule has 15 heavy (non-hydrogen) atoms. The van der Waals surface area contributed by atoms with E-state index in [0.29, 0.717) is 6.61 Å². The summed E-state index contributed by atoms with van der Waals surface area (Å²) >= 11 is 0. The van der Waals surface area contributed by atoms with Gasteiger partial charge in [-0.15, -0.1) is 0 Å². The highest BCUT2D eigenvalue weighted by molar-refractivity contribution is 5.16. The molecule has 1 N–H and O–H groups in total. The molecule has 0 bridgehead atoms. The number of benzene rings is 1. The lowest BCUT2D eigenvalue weighted by Crippen LogP contribution is -2.24. The number of hydrogen-bond donors (Lipinski definition) is 1. The smallest absolute Gasteiger partial charge is 0.0797 e. The van der Waals surface area contributed by atoms with Gasteiger partial charge in [-0.1, -0.05) is 44.2 Å². The molecular weight excluding hydrogens is 188 g/mol. The SMILES string of the molecule is CC(OCC(C)(C)CO)c1ccccc1. The van der Waals surface area contributed by atoms with Crippen molar-refractivity contribution < 1.29 is 9.84 Å². The summed E-state index contributed by atoms with van der Waals surface area (Å²) in [6.45, 7) is 6.73. The third-order valence-corrected chi connectivity index (χ3v) is 2.42. The first-order valence-electron chi connectivity index (χ1n) is 5.32. The Morgan fingerprint density at radius 1 is 1.27 bits per heavy atom. The summed E-state index contributed by atoms with van der Waals surface area (Å²) in [4.78, 5) is 0. The molecule has 1 rings (SSSR count). The number of ether oxygens (including phenoxy) is 1.